The first kappa shape index (κ1) is 12.9. The first-order valence-electron chi connectivity index (χ1n) is 6.37. The molecule has 6 heteroatoms. The molecule has 0 atom stereocenters. The molecule has 2 aromatic rings. The topological polar surface area (TPSA) is 70.1 Å². The van der Waals surface area contributed by atoms with Gasteiger partial charge in [-0.2, -0.15) is 10.2 Å². The predicted molar refractivity (Wildman–Crippen MR) is 77.1 cm³/mol. The van der Waals surface area contributed by atoms with Crippen LogP contribution in [0.3, 0.4) is 0 Å². The number of hydrogen-bond acceptors (Lipinski definition) is 3. The first-order valence-corrected chi connectivity index (χ1v) is 6.75. The van der Waals surface area contributed by atoms with E-state index in [0.29, 0.717) is 16.6 Å². The van der Waals surface area contributed by atoms with Crippen LogP contribution < -0.4 is 5.43 Å². The molecule has 1 saturated carbocycles. The SMILES string of the molecule is O=C(NN=Cc1ccccc1Cl)c1cc(C2CC2)[nH]n1. The van der Waals surface area contributed by atoms with Crippen molar-refractivity contribution >= 4 is 23.7 Å². The minimum atomic E-state index is -0.337. The van der Waals surface area contributed by atoms with Gasteiger partial charge in [-0.3, -0.25) is 9.89 Å². The van der Waals surface area contributed by atoms with E-state index in [4.69, 9.17) is 11.6 Å². The predicted octanol–water partition coefficient (Wildman–Crippen LogP) is 2.70. The Morgan fingerprint density at radius 1 is 1.45 bits per heavy atom. The minimum Gasteiger partial charge on any atom is -0.281 e. The molecule has 2 N–H and O–H groups in total. The molecule has 1 aliphatic carbocycles. The van der Waals surface area contributed by atoms with Crippen LogP contribution in [0.2, 0.25) is 5.02 Å². The number of rotatable bonds is 4. The molecule has 1 aromatic carbocycles. The molecule has 0 unspecified atom stereocenters. The molecule has 0 bridgehead atoms. The second-order valence-corrected chi connectivity index (χ2v) is 5.11. The lowest BCUT2D eigenvalue weighted by Crippen LogP contribution is -2.18. The molecule has 1 fully saturated rings. The summed E-state index contributed by atoms with van der Waals surface area (Å²) in [7, 11) is 0. The largest absolute Gasteiger partial charge is 0.291 e. The molecule has 0 spiro atoms. The van der Waals surface area contributed by atoms with Crippen LogP contribution in [0.5, 0.6) is 0 Å². The monoisotopic (exact) mass is 288 g/mol. The zero-order valence-electron chi connectivity index (χ0n) is 10.6. The number of aromatic nitrogens is 2. The molecule has 0 aliphatic heterocycles. The highest BCUT2D eigenvalue weighted by atomic mass is 35.5. The smallest absolute Gasteiger partial charge is 0.281 e. The van der Waals surface area contributed by atoms with Gasteiger partial charge >= 0.3 is 0 Å². The fraction of sp³-hybridized carbons (Fsp3) is 0.214. The highest BCUT2D eigenvalue weighted by Crippen LogP contribution is 2.38. The van der Waals surface area contributed by atoms with Crippen LogP contribution in [-0.4, -0.2) is 22.3 Å². The van der Waals surface area contributed by atoms with Crippen LogP contribution in [-0.2, 0) is 0 Å². The zero-order chi connectivity index (χ0) is 13.9. The molecule has 1 aliphatic rings. The summed E-state index contributed by atoms with van der Waals surface area (Å²) < 4.78 is 0. The van der Waals surface area contributed by atoms with Crippen LogP contribution in [0.4, 0.5) is 0 Å². The van der Waals surface area contributed by atoms with Gasteiger partial charge in [-0.25, -0.2) is 5.43 Å². The Morgan fingerprint density at radius 3 is 3.00 bits per heavy atom. The van der Waals surface area contributed by atoms with E-state index in [1.165, 1.54) is 6.21 Å². The lowest BCUT2D eigenvalue weighted by Gasteiger charge is -1.97. The third-order valence-electron chi connectivity index (χ3n) is 3.12. The van der Waals surface area contributed by atoms with Crippen LogP contribution in [0.25, 0.3) is 0 Å². The lowest BCUT2D eigenvalue weighted by molar-refractivity contribution is 0.0950. The summed E-state index contributed by atoms with van der Waals surface area (Å²) in [6, 6.07) is 9.04. The molecular formula is C14H13ClN4O. The molecule has 5 nitrogen and oxygen atoms in total. The summed E-state index contributed by atoms with van der Waals surface area (Å²) in [5.41, 5.74) is 4.55. The number of carbonyl (C=O) groups excluding carboxylic acids is 1. The van der Waals surface area contributed by atoms with E-state index in [1.807, 2.05) is 18.2 Å². The number of nitrogens with one attached hydrogen (secondary N) is 2. The standard InChI is InChI=1S/C14H13ClN4O/c15-11-4-2-1-3-10(11)8-16-19-14(20)13-7-12(17-18-13)9-5-6-9/h1-4,7-9H,5-6H2,(H,17,18)(H,19,20). The summed E-state index contributed by atoms with van der Waals surface area (Å²) in [5.74, 6) is 0.201. The van der Waals surface area contributed by atoms with Crippen molar-refractivity contribution in [3.63, 3.8) is 0 Å². The number of carbonyl (C=O) groups is 1. The fourth-order valence-electron chi connectivity index (χ4n) is 1.85. The van der Waals surface area contributed by atoms with E-state index < -0.39 is 0 Å². The van der Waals surface area contributed by atoms with Crippen LogP contribution in [0.15, 0.2) is 35.4 Å². The number of hydrogen-bond donors (Lipinski definition) is 2. The van der Waals surface area contributed by atoms with Gasteiger partial charge in [0, 0.05) is 22.2 Å². The highest BCUT2D eigenvalue weighted by molar-refractivity contribution is 6.33. The highest BCUT2D eigenvalue weighted by Gasteiger charge is 2.26. The Kier molecular flexibility index (Phi) is 3.52. The molecule has 20 heavy (non-hydrogen) atoms. The molecule has 0 radical (unpaired) electrons. The van der Waals surface area contributed by atoms with E-state index in [-0.39, 0.29) is 5.91 Å². The third-order valence-corrected chi connectivity index (χ3v) is 3.47. The maximum absolute atomic E-state index is 11.8. The molecule has 1 aromatic heterocycles. The average molecular weight is 289 g/mol. The number of halogens is 1. The summed E-state index contributed by atoms with van der Waals surface area (Å²) >= 11 is 5.98. The van der Waals surface area contributed by atoms with Crippen molar-refractivity contribution in [3.8, 4) is 0 Å². The second kappa shape index (κ2) is 5.46. The van der Waals surface area contributed by atoms with Crippen molar-refractivity contribution in [2.75, 3.05) is 0 Å². The molecule has 1 heterocycles. The number of benzene rings is 1. The Hall–Kier alpha value is -2.14. The van der Waals surface area contributed by atoms with Crippen LogP contribution in [0.1, 0.15) is 40.5 Å². The second-order valence-electron chi connectivity index (χ2n) is 4.70. The molecule has 1 amide bonds. The summed E-state index contributed by atoms with van der Waals surface area (Å²) in [5, 5.41) is 11.3. The van der Waals surface area contributed by atoms with Crippen molar-refractivity contribution < 1.29 is 4.79 Å². The van der Waals surface area contributed by atoms with E-state index >= 15 is 0 Å². The quantitative estimate of drug-likeness (QED) is 0.671. The van der Waals surface area contributed by atoms with E-state index in [1.54, 1.807) is 12.1 Å². The summed E-state index contributed by atoms with van der Waals surface area (Å²) in [4.78, 5) is 11.8. The fourth-order valence-corrected chi connectivity index (χ4v) is 2.04. The van der Waals surface area contributed by atoms with Crippen molar-refractivity contribution in [1.29, 1.82) is 0 Å². The molecular weight excluding hydrogens is 276 g/mol. The Labute approximate surface area is 121 Å². The van der Waals surface area contributed by atoms with Crippen molar-refractivity contribution in [3.05, 3.63) is 52.3 Å². The van der Waals surface area contributed by atoms with Gasteiger partial charge in [-0.15, -0.1) is 0 Å². The Balaban J connectivity index is 1.62. The Morgan fingerprint density at radius 2 is 2.25 bits per heavy atom. The van der Waals surface area contributed by atoms with Gasteiger partial charge in [0.1, 0.15) is 0 Å². The average Bonchev–Trinajstić information content (AvgIpc) is 3.18. The van der Waals surface area contributed by atoms with Crippen molar-refractivity contribution in [1.82, 2.24) is 15.6 Å². The van der Waals surface area contributed by atoms with Crippen LogP contribution in [0, 0.1) is 0 Å². The number of nitrogens with zero attached hydrogens (tertiary/aromatic N) is 2. The minimum absolute atomic E-state index is 0.337. The van der Waals surface area contributed by atoms with Gasteiger partial charge < -0.3 is 0 Å². The maximum atomic E-state index is 11.8. The van der Waals surface area contributed by atoms with Gasteiger partial charge in [0.15, 0.2) is 5.69 Å². The van der Waals surface area contributed by atoms with Gasteiger partial charge in [-0.05, 0) is 25.0 Å². The van der Waals surface area contributed by atoms with Gasteiger partial charge in [-0.1, -0.05) is 29.8 Å². The molecule has 102 valence electrons. The number of hydrazone groups is 1. The first-order chi connectivity index (χ1) is 9.74. The van der Waals surface area contributed by atoms with Crippen LogP contribution >= 0.6 is 11.6 Å². The lowest BCUT2D eigenvalue weighted by atomic mass is 10.2. The van der Waals surface area contributed by atoms with Crippen molar-refractivity contribution in [2.24, 2.45) is 5.10 Å². The number of amides is 1. The third kappa shape index (κ3) is 2.88. The van der Waals surface area contributed by atoms with Gasteiger partial charge in [0.2, 0.25) is 0 Å². The normalized spacial score (nSPS) is 14.7. The summed E-state index contributed by atoms with van der Waals surface area (Å²) in [6.45, 7) is 0. The van der Waals surface area contributed by atoms with E-state index in [9.17, 15) is 4.79 Å². The Bertz CT molecular complexity index is 661. The molecule has 3 rings (SSSR count). The molecule has 0 saturated heterocycles. The number of H-pyrrole nitrogens is 1. The van der Waals surface area contributed by atoms with Crippen molar-refractivity contribution in [2.45, 2.75) is 18.8 Å². The number of aromatic amines is 1. The summed E-state index contributed by atoms with van der Waals surface area (Å²) in [6.07, 6.45) is 3.83. The maximum Gasteiger partial charge on any atom is 0.291 e. The van der Waals surface area contributed by atoms with E-state index in [0.717, 1.165) is 24.1 Å². The van der Waals surface area contributed by atoms with Gasteiger partial charge in [0.25, 0.3) is 5.91 Å². The zero-order valence-corrected chi connectivity index (χ0v) is 11.4. The van der Waals surface area contributed by atoms with Gasteiger partial charge in [0.05, 0.1) is 6.21 Å². The van der Waals surface area contributed by atoms with E-state index in [2.05, 4.69) is 20.7 Å².